The summed E-state index contributed by atoms with van der Waals surface area (Å²) in [6, 6.07) is 6.97. The summed E-state index contributed by atoms with van der Waals surface area (Å²) in [5.74, 6) is 0.297. The van der Waals surface area contributed by atoms with Crippen LogP contribution in [-0.2, 0) is 11.3 Å². The molecule has 2 saturated heterocycles. The fraction of sp³-hybridized carbons (Fsp3) is 0.429. The molecule has 1 aromatic carbocycles. The lowest BCUT2D eigenvalue weighted by Gasteiger charge is -2.32. The van der Waals surface area contributed by atoms with Crippen molar-refractivity contribution in [1.82, 2.24) is 29.1 Å². The molecule has 2 aliphatic rings. The number of aliphatic hydroxyl groups is 1. The van der Waals surface area contributed by atoms with E-state index in [1.54, 1.807) is 35.2 Å². The smallest absolute Gasteiger partial charge is 0.296 e. The zero-order chi connectivity index (χ0) is 21.8. The topological polar surface area (TPSA) is 94.1 Å². The number of hydrogen-bond acceptors (Lipinski definition) is 7. The zero-order valence-electron chi connectivity index (χ0n) is 17.1. The highest BCUT2D eigenvalue weighted by Gasteiger charge is 2.35. The molecule has 0 aliphatic carbocycles. The molecule has 0 amide bonds. The normalized spacial score (nSPS) is 20.8. The van der Waals surface area contributed by atoms with Gasteiger partial charge >= 0.3 is 0 Å². The molecule has 2 aliphatic heterocycles. The first kappa shape index (κ1) is 19.5. The Bertz CT molecular complexity index is 1290. The van der Waals surface area contributed by atoms with Crippen molar-refractivity contribution in [2.75, 3.05) is 24.6 Å². The van der Waals surface area contributed by atoms with E-state index < -0.39 is 12.2 Å². The average Bonchev–Trinajstić information content (AvgIpc) is 3.48. The van der Waals surface area contributed by atoms with Gasteiger partial charge in [-0.2, -0.15) is 9.97 Å². The number of fused-ring (bicyclic) bond motifs is 4. The Morgan fingerprint density at radius 2 is 1.88 bits per heavy atom. The van der Waals surface area contributed by atoms with Crippen LogP contribution in [0.25, 0.3) is 28.0 Å². The first-order valence-electron chi connectivity index (χ1n) is 10.6. The minimum absolute atomic E-state index is 0.0991. The van der Waals surface area contributed by atoms with E-state index in [0.29, 0.717) is 41.2 Å². The minimum Gasteiger partial charge on any atom is -0.395 e. The largest absolute Gasteiger partial charge is 0.395 e. The van der Waals surface area contributed by atoms with Gasteiger partial charge in [0.25, 0.3) is 6.43 Å². The number of morpholine rings is 1. The predicted molar refractivity (Wildman–Crippen MR) is 112 cm³/mol. The van der Waals surface area contributed by atoms with Crippen molar-refractivity contribution in [3.63, 3.8) is 0 Å². The molecule has 0 spiro atoms. The number of halogens is 2. The van der Waals surface area contributed by atoms with Crippen LogP contribution in [0.2, 0.25) is 0 Å². The maximum atomic E-state index is 14.0. The summed E-state index contributed by atoms with van der Waals surface area (Å²) in [6.07, 6.45) is 0.956. The third kappa shape index (κ3) is 3.03. The Hall–Kier alpha value is -3.18. The SMILES string of the molecule is OCCn1cnc2c(-n3c(C(F)F)nc4ccccc43)nc(N3CC4CCC(C3)O4)nc21. The molecule has 2 bridgehead atoms. The van der Waals surface area contributed by atoms with Gasteiger partial charge in [0.1, 0.15) is 0 Å². The number of aromatic nitrogens is 6. The maximum Gasteiger partial charge on any atom is 0.296 e. The molecular formula is C21H21F2N7O2. The van der Waals surface area contributed by atoms with E-state index >= 15 is 0 Å². The van der Waals surface area contributed by atoms with Crippen LogP contribution in [0.15, 0.2) is 30.6 Å². The lowest BCUT2D eigenvalue weighted by molar-refractivity contribution is 0.0299. The van der Waals surface area contributed by atoms with Crippen molar-refractivity contribution in [3.05, 3.63) is 36.4 Å². The Kier molecular flexibility index (Phi) is 4.54. The van der Waals surface area contributed by atoms with Crippen molar-refractivity contribution < 1.29 is 18.6 Å². The van der Waals surface area contributed by atoms with Crippen molar-refractivity contribution in [1.29, 1.82) is 0 Å². The van der Waals surface area contributed by atoms with E-state index in [9.17, 15) is 13.9 Å². The summed E-state index contributed by atoms with van der Waals surface area (Å²) in [5, 5.41) is 9.47. The Morgan fingerprint density at radius 3 is 2.62 bits per heavy atom. The van der Waals surface area contributed by atoms with E-state index in [0.717, 1.165) is 12.8 Å². The lowest BCUT2D eigenvalue weighted by Crippen LogP contribution is -2.43. The van der Waals surface area contributed by atoms with E-state index in [1.807, 2.05) is 4.90 Å². The number of alkyl halides is 2. The number of hydrogen-bond donors (Lipinski definition) is 1. The standard InChI is InChI=1S/C21H21F2N7O2/c22-17(23)20-25-14-3-1-2-4-15(14)30(20)19-16-18(28(7-8-31)11-24-16)26-21(27-19)29-9-12-5-6-13(10-29)32-12/h1-4,11-13,17,31H,5-10H2. The molecule has 166 valence electrons. The summed E-state index contributed by atoms with van der Waals surface area (Å²) >= 11 is 0. The third-order valence-corrected chi connectivity index (χ3v) is 6.09. The van der Waals surface area contributed by atoms with E-state index in [-0.39, 0.29) is 31.2 Å². The van der Waals surface area contributed by atoms with Crippen molar-refractivity contribution in [2.45, 2.75) is 38.0 Å². The van der Waals surface area contributed by atoms with Gasteiger partial charge in [-0.3, -0.25) is 4.57 Å². The number of rotatable bonds is 5. The van der Waals surface area contributed by atoms with E-state index in [1.165, 1.54) is 4.57 Å². The second-order valence-corrected chi connectivity index (χ2v) is 8.14. The van der Waals surface area contributed by atoms with Crippen molar-refractivity contribution >= 4 is 28.1 Å². The second kappa shape index (κ2) is 7.45. The number of nitrogens with zero attached hydrogens (tertiary/aromatic N) is 7. The quantitative estimate of drug-likeness (QED) is 0.508. The highest BCUT2D eigenvalue weighted by molar-refractivity contribution is 5.85. The molecule has 2 fully saturated rings. The third-order valence-electron chi connectivity index (χ3n) is 6.09. The number of ether oxygens (including phenoxy) is 1. The number of imidazole rings is 2. The fourth-order valence-electron chi connectivity index (χ4n) is 4.68. The van der Waals surface area contributed by atoms with Crippen molar-refractivity contribution in [2.24, 2.45) is 0 Å². The van der Waals surface area contributed by atoms with Gasteiger partial charge in [0.15, 0.2) is 22.8 Å². The van der Waals surface area contributed by atoms with Gasteiger partial charge in [0.2, 0.25) is 5.95 Å². The van der Waals surface area contributed by atoms with Gasteiger partial charge in [0, 0.05) is 19.6 Å². The molecule has 6 rings (SSSR count). The van der Waals surface area contributed by atoms with Gasteiger partial charge < -0.3 is 19.3 Å². The summed E-state index contributed by atoms with van der Waals surface area (Å²) in [5.41, 5.74) is 1.84. The fourth-order valence-corrected chi connectivity index (χ4v) is 4.68. The summed E-state index contributed by atoms with van der Waals surface area (Å²) in [6.45, 7) is 1.47. The molecule has 2 unspecified atom stereocenters. The Morgan fingerprint density at radius 1 is 1.09 bits per heavy atom. The highest BCUT2D eigenvalue weighted by atomic mass is 19.3. The van der Waals surface area contributed by atoms with Crippen LogP contribution < -0.4 is 4.90 Å². The number of anilines is 1. The van der Waals surface area contributed by atoms with Crippen LogP contribution in [0.4, 0.5) is 14.7 Å². The molecule has 32 heavy (non-hydrogen) atoms. The first-order chi connectivity index (χ1) is 15.6. The monoisotopic (exact) mass is 441 g/mol. The first-order valence-corrected chi connectivity index (χ1v) is 10.6. The van der Waals surface area contributed by atoms with Crippen LogP contribution >= 0.6 is 0 Å². The highest BCUT2D eigenvalue weighted by Crippen LogP contribution is 2.33. The summed E-state index contributed by atoms with van der Waals surface area (Å²) < 4.78 is 37.1. The average molecular weight is 441 g/mol. The van der Waals surface area contributed by atoms with Crippen LogP contribution in [0, 0.1) is 0 Å². The van der Waals surface area contributed by atoms with Gasteiger partial charge in [-0.15, -0.1) is 0 Å². The second-order valence-electron chi connectivity index (χ2n) is 8.14. The van der Waals surface area contributed by atoms with Gasteiger partial charge in [-0.05, 0) is 25.0 Å². The van der Waals surface area contributed by atoms with Gasteiger partial charge in [-0.1, -0.05) is 12.1 Å². The van der Waals surface area contributed by atoms with E-state index in [4.69, 9.17) is 14.7 Å². The van der Waals surface area contributed by atoms with Crippen LogP contribution in [0.5, 0.6) is 0 Å². The molecule has 0 saturated carbocycles. The van der Waals surface area contributed by atoms with Crippen LogP contribution in [0.1, 0.15) is 25.1 Å². The van der Waals surface area contributed by atoms with Crippen LogP contribution in [-0.4, -0.2) is 66.1 Å². The van der Waals surface area contributed by atoms with Crippen molar-refractivity contribution in [3.8, 4) is 5.82 Å². The van der Waals surface area contributed by atoms with Gasteiger partial charge in [-0.25, -0.2) is 18.7 Å². The molecule has 5 heterocycles. The van der Waals surface area contributed by atoms with E-state index in [2.05, 4.69) is 9.97 Å². The summed E-state index contributed by atoms with van der Waals surface area (Å²) in [4.78, 5) is 20.1. The predicted octanol–water partition coefficient (Wildman–Crippen LogP) is 2.46. The molecule has 3 aromatic heterocycles. The van der Waals surface area contributed by atoms with Gasteiger partial charge in [0.05, 0.1) is 36.2 Å². The Balaban J connectivity index is 1.60. The molecule has 9 nitrogen and oxygen atoms in total. The van der Waals surface area contributed by atoms with Crippen LogP contribution in [0.3, 0.4) is 0 Å². The molecule has 2 atom stereocenters. The minimum atomic E-state index is -2.80. The molecule has 4 aromatic rings. The maximum absolute atomic E-state index is 14.0. The molecule has 0 radical (unpaired) electrons. The summed E-state index contributed by atoms with van der Waals surface area (Å²) in [7, 11) is 0. The lowest BCUT2D eigenvalue weighted by atomic mass is 10.2. The number of aliphatic hydroxyl groups excluding tert-OH is 1. The molecular weight excluding hydrogens is 420 g/mol. The molecule has 1 N–H and O–H groups in total. The number of benzene rings is 1. The zero-order valence-corrected chi connectivity index (χ0v) is 17.1. The molecule has 11 heteroatoms. The number of para-hydroxylation sites is 2. The Labute approximate surface area is 181 Å².